The van der Waals surface area contributed by atoms with Gasteiger partial charge in [-0.15, -0.1) is 0 Å². The van der Waals surface area contributed by atoms with Crippen LogP contribution in [-0.2, 0) is 7.05 Å². The maximum atomic E-state index is 10.0. The monoisotopic (exact) mass is 223 g/mol. The molecule has 0 aliphatic rings. The molecule has 0 radical (unpaired) electrons. The van der Waals surface area contributed by atoms with Crippen molar-refractivity contribution in [2.45, 2.75) is 0 Å². The predicted octanol–water partition coefficient (Wildman–Crippen LogP) is 2.31. The number of benzene rings is 1. The van der Waals surface area contributed by atoms with Gasteiger partial charge in [0, 0.05) is 12.4 Å². The van der Waals surface area contributed by atoms with Crippen molar-refractivity contribution in [3.05, 3.63) is 35.5 Å². The molecule has 0 aliphatic heterocycles. The van der Waals surface area contributed by atoms with Gasteiger partial charge in [-0.05, 0) is 18.2 Å². The number of nitrogens with zero attached hydrogens (tertiary/aromatic N) is 3. The number of fused-ring (bicyclic) bond motifs is 1. The van der Waals surface area contributed by atoms with E-state index >= 15 is 0 Å². The van der Waals surface area contributed by atoms with Crippen LogP contribution in [0.2, 0.25) is 0 Å². The largest absolute Gasteiger partial charge is 0.505 e. The second kappa shape index (κ2) is 4.03. The van der Waals surface area contributed by atoms with Crippen LogP contribution >= 0.6 is 0 Å². The summed E-state index contributed by atoms with van der Waals surface area (Å²) in [5.74, 6) is 0.0890. The van der Waals surface area contributed by atoms with Gasteiger partial charge < -0.3 is 9.67 Å². The molecule has 0 bridgehead atoms. The van der Waals surface area contributed by atoms with Gasteiger partial charge in [0.25, 0.3) is 0 Å². The summed E-state index contributed by atoms with van der Waals surface area (Å²) >= 11 is 0. The molecule has 1 aromatic heterocycles. The maximum absolute atomic E-state index is 10.0. The Hall–Kier alpha value is -2.72. The van der Waals surface area contributed by atoms with Gasteiger partial charge in [-0.1, -0.05) is 12.1 Å². The summed E-state index contributed by atoms with van der Waals surface area (Å²) in [6, 6.07) is 10.9. The molecular weight excluding hydrogens is 214 g/mol. The highest BCUT2D eigenvalue weighted by Crippen LogP contribution is 2.32. The quantitative estimate of drug-likeness (QED) is 0.754. The topological polar surface area (TPSA) is 72.7 Å². The van der Waals surface area contributed by atoms with Crippen molar-refractivity contribution in [1.29, 1.82) is 10.5 Å². The Morgan fingerprint density at radius 3 is 2.53 bits per heavy atom. The second-order valence-corrected chi connectivity index (χ2v) is 3.59. The Bertz CT molecular complexity index is 641. The average molecular weight is 223 g/mol. The maximum Gasteiger partial charge on any atom is 0.148 e. The van der Waals surface area contributed by atoms with Crippen molar-refractivity contribution in [2.75, 3.05) is 0 Å². The van der Waals surface area contributed by atoms with E-state index in [-0.39, 0.29) is 11.3 Å². The molecule has 0 amide bonds. The minimum absolute atomic E-state index is 0.0359. The summed E-state index contributed by atoms with van der Waals surface area (Å²) in [6.07, 6.45) is 1.38. The third kappa shape index (κ3) is 1.62. The highest BCUT2D eigenvalue weighted by molar-refractivity contribution is 5.91. The number of rotatable bonds is 1. The Kier molecular flexibility index (Phi) is 2.56. The number of hydrogen-bond acceptors (Lipinski definition) is 3. The highest BCUT2D eigenvalue weighted by Gasteiger charge is 2.12. The molecule has 0 unspecified atom stereocenters. The van der Waals surface area contributed by atoms with E-state index < -0.39 is 0 Å². The van der Waals surface area contributed by atoms with Crippen LogP contribution in [0, 0.1) is 22.7 Å². The Labute approximate surface area is 98.2 Å². The average Bonchev–Trinajstić information content (AvgIpc) is 2.61. The van der Waals surface area contributed by atoms with Crippen LogP contribution in [0.1, 0.15) is 5.69 Å². The molecule has 1 heterocycles. The van der Waals surface area contributed by atoms with Crippen molar-refractivity contribution >= 4 is 17.0 Å². The fourth-order valence-electron chi connectivity index (χ4n) is 1.78. The van der Waals surface area contributed by atoms with Crippen LogP contribution in [0.4, 0.5) is 0 Å². The Balaban J connectivity index is 2.77. The third-order valence-electron chi connectivity index (χ3n) is 2.65. The lowest BCUT2D eigenvalue weighted by molar-refractivity contribution is 0.478. The molecule has 2 rings (SSSR count). The molecule has 17 heavy (non-hydrogen) atoms. The zero-order chi connectivity index (χ0) is 12.4. The molecule has 2 aromatic rings. The first kappa shape index (κ1) is 10.8. The number of aromatic nitrogens is 1. The molecular formula is C13H9N3O. The van der Waals surface area contributed by atoms with Crippen LogP contribution < -0.4 is 0 Å². The van der Waals surface area contributed by atoms with Crippen molar-refractivity contribution < 1.29 is 5.11 Å². The van der Waals surface area contributed by atoms with E-state index in [2.05, 4.69) is 0 Å². The van der Waals surface area contributed by atoms with Crippen LogP contribution in [0.3, 0.4) is 0 Å². The summed E-state index contributed by atoms with van der Waals surface area (Å²) in [6.45, 7) is 0. The highest BCUT2D eigenvalue weighted by atomic mass is 16.3. The number of allylic oxidation sites excluding steroid dienone is 1. The van der Waals surface area contributed by atoms with Gasteiger partial charge in [-0.3, -0.25) is 0 Å². The Morgan fingerprint density at radius 1 is 1.29 bits per heavy atom. The first-order valence-electron chi connectivity index (χ1n) is 4.97. The van der Waals surface area contributed by atoms with Gasteiger partial charge >= 0.3 is 0 Å². The smallest absolute Gasteiger partial charge is 0.148 e. The van der Waals surface area contributed by atoms with Crippen molar-refractivity contribution in [1.82, 2.24) is 4.57 Å². The van der Waals surface area contributed by atoms with Gasteiger partial charge in [-0.25, -0.2) is 0 Å². The standard InChI is InChI=1S/C13H9N3O/c1-16-11-5-3-2-4-10(11)13(17)12(16)6-9(7-14)8-15/h2-6,17H,1H3. The van der Waals surface area contributed by atoms with E-state index in [1.807, 2.05) is 18.2 Å². The van der Waals surface area contributed by atoms with E-state index in [1.54, 1.807) is 29.8 Å². The van der Waals surface area contributed by atoms with Gasteiger partial charge in [0.05, 0.1) is 11.2 Å². The molecule has 4 nitrogen and oxygen atoms in total. The van der Waals surface area contributed by atoms with Gasteiger partial charge in [0.2, 0.25) is 0 Å². The van der Waals surface area contributed by atoms with Gasteiger partial charge in [0.15, 0.2) is 0 Å². The lowest BCUT2D eigenvalue weighted by atomic mass is 10.2. The van der Waals surface area contributed by atoms with Gasteiger partial charge in [-0.2, -0.15) is 10.5 Å². The van der Waals surface area contributed by atoms with Crippen LogP contribution in [0.25, 0.3) is 17.0 Å². The molecule has 0 fully saturated rings. The molecule has 0 spiro atoms. The zero-order valence-electron chi connectivity index (χ0n) is 9.18. The second-order valence-electron chi connectivity index (χ2n) is 3.59. The zero-order valence-corrected chi connectivity index (χ0v) is 9.18. The minimum atomic E-state index is -0.0359. The summed E-state index contributed by atoms with van der Waals surface area (Å²) in [4.78, 5) is 0. The number of hydrogen-bond donors (Lipinski definition) is 1. The molecule has 82 valence electrons. The minimum Gasteiger partial charge on any atom is -0.505 e. The molecule has 4 heteroatoms. The van der Waals surface area contributed by atoms with Crippen molar-refractivity contribution in [2.24, 2.45) is 7.05 Å². The lowest BCUT2D eigenvalue weighted by Crippen LogP contribution is -1.90. The van der Waals surface area contributed by atoms with E-state index in [4.69, 9.17) is 10.5 Å². The Morgan fingerprint density at radius 2 is 1.94 bits per heavy atom. The van der Waals surface area contributed by atoms with Crippen molar-refractivity contribution in [3.63, 3.8) is 0 Å². The first-order chi connectivity index (χ1) is 8.19. The summed E-state index contributed by atoms with van der Waals surface area (Å²) in [5.41, 5.74) is 1.28. The van der Waals surface area contributed by atoms with E-state index in [9.17, 15) is 5.11 Å². The van der Waals surface area contributed by atoms with E-state index in [0.717, 1.165) is 5.52 Å². The van der Waals surface area contributed by atoms with Crippen LogP contribution in [-0.4, -0.2) is 9.67 Å². The first-order valence-corrected chi connectivity index (χ1v) is 4.97. The number of nitriles is 2. The summed E-state index contributed by atoms with van der Waals surface area (Å²) in [7, 11) is 1.78. The molecule has 0 atom stereocenters. The predicted molar refractivity (Wildman–Crippen MR) is 63.8 cm³/mol. The molecule has 1 N–H and O–H groups in total. The van der Waals surface area contributed by atoms with Crippen molar-refractivity contribution in [3.8, 4) is 17.9 Å². The fourth-order valence-corrected chi connectivity index (χ4v) is 1.78. The normalized spacial score (nSPS) is 9.59. The summed E-state index contributed by atoms with van der Waals surface area (Å²) in [5, 5.41) is 28.2. The SMILES string of the molecule is Cn1c(C=C(C#N)C#N)c(O)c2ccccc21. The number of aryl methyl sites for hydroxylation is 1. The molecule has 0 saturated carbocycles. The van der Waals surface area contributed by atoms with E-state index in [1.165, 1.54) is 6.08 Å². The summed E-state index contributed by atoms with van der Waals surface area (Å²) < 4.78 is 1.75. The van der Waals surface area contributed by atoms with Gasteiger partial charge in [0.1, 0.15) is 23.5 Å². The number of aromatic hydroxyl groups is 1. The molecule has 0 aliphatic carbocycles. The van der Waals surface area contributed by atoms with E-state index in [0.29, 0.717) is 11.1 Å². The molecule has 0 saturated heterocycles. The number of para-hydroxylation sites is 1. The third-order valence-corrected chi connectivity index (χ3v) is 2.65. The lowest BCUT2D eigenvalue weighted by Gasteiger charge is -1.98. The van der Waals surface area contributed by atoms with Crippen LogP contribution in [0.5, 0.6) is 5.75 Å². The van der Waals surface area contributed by atoms with Crippen LogP contribution in [0.15, 0.2) is 29.8 Å². The fraction of sp³-hybridized carbons (Fsp3) is 0.0769. The molecule has 1 aromatic carbocycles.